The van der Waals surface area contributed by atoms with Crippen LogP contribution in [-0.4, -0.2) is 36.1 Å². The Balaban J connectivity index is 1.43. The largest absolute Gasteiger partial charge is 0.490 e. The van der Waals surface area contributed by atoms with Gasteiger partial charge in [0, 0.05) is 18.8 Å². The lowest BCUT2D eigenvalue weighted by molar-refractivity contribution is 0.320. The summed E-state index contributed by atoms with van der Waals surface area (Å²) in [6, 6.07) is 11.8. The second-order valence-corrected chi connectivity index (χ2v) is 5.90. The van der Waals surface area contributed by atoms with Gasteiger partial charge in [0.05, 0.1) is 25.0 Å². The van der Waals surface area contributed by atoms with Crippen molar-refractivity contribution in [2.24, 2.45) is 4.99 Å². The van der Waals surface area contributed by atoms with Gasteiger partial charge in [0.2, 0.25) is 5.89 Å². The number of rotatable bonds is 7. The molecule has 2 N–H and O–H groups in total. The molecule has 0 atom stereocenters. The summed E-state index contributed by atoms with van der Waals surface area (Å²) in [5.41, 5.74) is 2.97. The summed E-state index contributed by atoms with van der Waals surface area (Å²) in [6.45, 7) is 3.68. The first-order valence-electron chi connectivity index (χ1n) is 8.73. The van der Waals surface area contributed by atoms with Gasteiger partial charge >= 0.3 is 0 Å². The van der Waals surface area contributed by atoms with Crippen molar-refractivity contribution in [3.8, 4) is 17.2 Å². The standard InChI is InChI=1S/C20H23N5O2/c1-15-5-7-16(8-6-15)19-25-17(14-27-19)12-24-20(21-2)23-10-11-26-18-4-3-9-22-13-18/h3-9,13-14H,10-12H2,1-2H3,(H2,21,23,24). The zero-order valence-corrected chi connectivity index (χ0v) is 15.5. The van der Waals surface area contributed by atoms with Gasteiger partial charge in [-0.15, -0.1) is 0 Å². The number of pyridine rings is 1. The average molecular weight is 365 g/mol. The lowest BCUT2D eigenvalue weighted by Crippen LogP contribution is -2.38. The first-order valence-corrected chi connectivity index (χ1v) is 8.73. The zero-order chi connectivity index (χ0) is 18.9. The highest BCUT2D eigenvalue weighted by molar-refractivity contribution is 5.79. The third-order valence-corrected chi connectivity index (χ3v) is 3.81. The van der Waals surface area contributed by atoms with Crippen molar-refractivity contribution < 1.29 is 9.15 Å². The highest BCUT2D eigenvalue weighted by Gasteiger charge is 2.07. The van der Waals surface area contributed by atoms with E-state index in [0.29, 0.717) is 31.5 Å². The molecular formula is C20H23N5O2. The monoisotopic (exact) mass is 365 g/mol. The number of guanidine groups is 1. The molecule has 7 heteroatoms. The Labute approximate surface area is 158 Å². The number of nitrogens with one attached hydrogen (secondary N) is 2. The quantitative estimate of drug-likeness (QED) is 0.380. The SMILES string of the molecule is CN=C(NCCOc1cccnc1)NCc1coc(-c2ccc(C)cc2)n1. The first-order chi connectivity index (χ1) is 13.2. The first kappa shape index (κ1) is 18.4. The maximum absolute atomic E-state index is 5.59. The van der Waals surface area contributed by atoms with Crippen molar-refractivity contribution in [3.05, 3.63) is 66.3 Å². The van der Waals surface area contributed by atoms with Crippen molar-refractivity contribution >= 4 is 5.96 Å². The summed E-state index contributed by atoms with van der Waals surface area (Å²) in [5, 5.41) is 6.40. The summed E-state index contributed by atoms with van der Waals surface area (Å²) in [5.74, 6) is 2.03. The number of hydrogen-bond acceptors (Lipinski definition) is 5. The van der Waals surface area contributed by atoms with Crippen molar-refractivity contribution in [2.75, 3.05) is 20.2 Å². The molecule has 0 aliphatic rings. The Kier molecular flexibility index (Phi) is 6.40. The van der Waals surface area contributed by atoms with E-state index in [0.717, 1.165) is 17.0 Å². The Hall–Kier alpha value is -3.35. The van der Waals surface area contributed by atoms with E-state index >= 15 is 0 Å². The molecule has 0 unspecified atom stereocenters. The van der Waals surface area contributed by atoms with E-state index in [-0.39, 0.29) is 0 Å². The molecule has 0 spiro atoms. The molecule has 2 aromatic heterocycles. The van der Waals surface area contributed by atoms with E-state index in [1.54, 1.807) is 25.7 Å². The van der Waals surface area contributed by atoms with Crippen LogP contribution in [0.15, 0.2) is 64.5 Å². The van der Waals surface area contributed by atoms with E-state index in [1.807, 2.05) is 36.4 Å². The third kappa shape index (κ3) is 5.57. The Morgan fingerprint density at radius 1 is 1.19 bits per heavy atom. The topological polar surface area (TPSA) is 84.6 Å². The Morgan fingerprint density at radius 3 is 2.78 bits per heavy atom. The van der Waals surface area contributed by atoms with E-state index in [1.165, 1.54) is 5.56 Å². The van der Waals surface area contributed by atoms with Crippen molar-refractivity contribution in [1.29, 1.82) is 0 Å². The normalized spacial score (nSPS) is 11.3. The number of ether oxygens (including phenoxy) is 1. The van der Waals surface area contributed by atoms with Gasteiger partial charge in [-0.05, 0) is 31.2 Å². The molecule has 2 heterocycles. The number of aromatic nitrogens is 2. The summed E-state index contributed by atoms with van der Waals surface area (Å²) >= 11 is 0. The molecule has 0 saturated carbocycles. The van der Waals surface area contributed by atoms with Crippen LogP contribution in [0.3, 0.4) is 0 Å². The minimum atomic E-state index is 0.508. The molecule has 140 valence electrons. The van der Waals surface area contributed by atoms with Crippen LogP contribution in [0.5, 0.6) is 5.75 Å². The number of benzene rings is 1. The highest BCUT2D eigenvalue weighted by Crippen LogP contribution is 2.18. The van der Waals surface area contributed by atoms with E-state index in [9.17, 15) is 0 Å². The minimum Gasteiger partial charge on any atom is -0.490 e. The average Bonchev–Trinajstić information content (AvgIpc) is 3.18. The van der Waals surface area contributed by atoms with E-state index < -0.39 is 0 Å². The van der Waals surface area contributed by atoms with Crippen LogP contribution in [0, 0.1) is 6.92 Å². The van der Waals surface area contributed by atoms with Crippen LogP contribution in [0.1, 0.15) is 11.3 Å². The minimum absolute atomic E-state index is 0.508. The lowest BCUT2D eigenvalue weighted by Gasteiger charge is -2.11. The number of hydrogen-bond donors (Lipinski definition) is 2. The second-order valence-electron chi connectivity index (χ2n) is 5.90. The molecule has 0 aliphatic carbocycles. The number of aryl methyl sites for hydroxylation is 1. The summed E-state index contributed by atoms with van der Waals surface area (Å²) in [7, 11) is 1.72. The molecule has 3 aromatic rings. The number of oxazole rings is 1. The van der Waals surface area contributed by atoms with Gasteiger partial charge < -0.3 is 19.8 Å². The molecule has 0 bridgehead atoms. The summed E-state index contributed by atoms with van der Waals surface area (Å²) < 4.78 is 11.2. The third-order valence-electron chi connectivity index (χ3n) is 3.81. The number of nitrogens with zero attached hydrogens (tertiary/aromatic N) is 3. The van der Waals surface area contributed by atoms with Gasteiger partial charge in [0.15, 0.2) is 5.96 Å². The molecule has 0 fully saturated rings. The maximum Gasteiger partial charge on any atom is 0.226 e. The smallest absolute Gasteiger partial charge is 0.226 e. The van der Waals surface area contributed by atoms with Crippen LogP contribution >= 0.6 is 0 Å². The molecule has 27 heavy (non-hydrogen) atoms. The molecule has 0 amide bonds. The van der Waals surface area contributed by atoms with Crippen LogP contribution in [0.2, 0.25) is 0 Å². The summed E-state index contributed by atoms with van der Waals surface area (Å²) in [4.78, 5) is 12.7. The molecule has 0 saturated heterocycles. The van der Waals surface area contributed by atoms with Gasteiger partial charge in [0.1, 0.15) is 18.6 Å². The lowest BCUT2D eigenvalue weighted by atomic mass is 10.1. The molecule has 0 radical (unpaired) electrons. The van der Waals surface area contributed by atoms with Crippen molar-refractivity contribution in [3.63, 3.8) is 0 Å². The highest BCUT2D eigenvalue weighted by atomic mass is 16.5. The molecule has 7 nitrogen and oxygen atoms in total. The van der Waals surface area contributed by atoms with Gasteiger partial charge in [0.25, 0.3) is 0 Å². The fourth-order valence-corrected chi connectivity index (χ4v) is 2.38. The number of aliphatic imine (C=N–C) groups is 1. The Bertz CT molecular complexity index is 860. The predicted molar refractivity (Wildman–Crippen MR) is 105 cm³/mol. The second kappa shape index (κ2) is 9.38. The summed E-state index contributed by atoms with van der Waals surface area (Å²) in [6.07, 6.45) is 5.05. The Morgan fingerprint density at radius 2 is 2.04 bits per heavy atom. The van der Waals surface area contributed by atoms with Gasteiger partial charge in [-0.1, -0.05) is 17.7 Å². The molecular weight excluding hydrogens is 342 g/mol. The van der Waals surface area contributed by atoms with E-state index in [4.69, 9.17) is 9.15 Å². The van der Waals surface area contributed by atoms with Crippen molar-refractivity contribution in [2.45, 2.75) is 13.5 Å². The van der Waals surface area contributed by atoms with E-state index in [2.05, 4.69) is 32.5 Å². The van der Waals surface area contributed by atoms with Gasteiger partial charge in [-0.3, -0.25) is 9.98 Å². The van der Waals surface area contributed by atoms with Crippen LogP contribution < -0.4 is 15.4 Å². The maximum atomic E-state index is 5.59. The van der Waals surface area contributed by atoms with Crippen LogP contribution in [-0.2, 0) is 6.54 Å². The van der Waals surface area contributed by atoms with Gasteiger partial charge in [-0.2, -0.15) is 0 Å². The molecule has 3 rings (SSSR count). The predicted octanol–water partition coefficient (Wildman–Crippen LogP) is 2.79. The fraction of sp³-hybridized carbons (Fsp3) is 0.250. The van der Waals surface area contributed by atoms with Crippen LogP contribution in [0.4, 0.5) is 0 Å². The van der Waals surface area contributed by atoms with Gasteiger partial charge in [-0.25, -0.2) is 4.98 Å². The zero-order valence-electron chi connectivity index (χ0n) is 15.5. The molecule has 0 aliphatic heterocycles. The fourth-order valence-electron chi connectivity index (χ4n) is 2.38. The molecule has 1 aromatic carbocycles. The van der Waals surface area contributed by atoms with Crippen molar-refractivity contribution in [1.82, 2.24) is 20.6 Å². The van der Waals surface area contributed by atoms with Crippen LogP contribution in [0.25, 0.3) is 11.5 Å².